The molecule has 6 nitrogen and oxygen atoms in total. The van der Waals surface area contributed by atoms with Gasteiger partial charge in [0.05, 0.1) is 5.69 Å². The second-order valence-electron chi connectivity index (χ2n) is 6.36. The van der Waals surface area contributed by atoms with E-state index in [-0.39, 0.29) is 30.8 Å². The molecule has 0 fully saturated rings. The molecule has 1 N–H and O–H groups in total. The van der Waals surface area contributed by atoms with Crippen LogP contribution in [-0.4, -0.2) is 28.7 Å². The molecule has 0 aliphatic rings. The first-order chi connectivity index (χ1) is 14.7. The number of hydrogen-bond donors (Lipinski definition) is 1. The normalized spacial score (nSPS) is 11.3. The topological polar surface area (TPSA) is 73.3 Å². The third kappa shape index (κ3) is 6.92. The molecule has 31 heavy (non-hydrogen) atoms. The highest BCUT2D eigenvalue weighted by Gasteiger charge is 2.28. The van der Waals surface area contributed by atoms with Gasteiger partial charge in [-0.3, -0.25) is 4.79 Å². The average Bonchev–Trinajstić information content (AvgIpc) is 3.11. The lowest BCUT2D eigenvalue weighted by molar-refractivity contribution is -0.154. The van der Waals surface area contributed by atoms with E-state index in [4.69, 9.17) is 4.74 Å². The van der Waals surface area contributed by atoms with Crippen LogP contribution in [0, 0.1) is 12.7 Å². The third-order valence-electron chi connectivity index (χ3n) is 3.86. The van der Waals surface area contributed by atoms with Crippen molar-refractivity contribution in [3.8, 4) is 11.6 Å². The van der Waals surface area contributed by atoms with E-state index in [1.807, 2.05) is 0 Å². The van der Waals surface area contributed by atoms with Crippen molar-refractivity contribution >= 4 is 17.2 Å². The van der Waals surface area contributed by atoms with E-state index >= 15 is 0 Å². The van der Waals surface area contributed by atoms with Gasteiger partial charge in [0.15, 0.2) is 6.61 Å². The van der Waals surface area contributed by atoms with Crippen molar-refractivity contribution in [3.05, 3.63) is 69.6 Å². The van der Waals surface area contributed by atoms with Gasteiger partial charge in [0.25, 0.3) is 5.91 Å². The highest BCUT2D eigenvalue weighted by molar-refractivity contribution is 7.13. The number of ether oxygens (including phenoxy) is 2. The Bertz CT molecular complexity index is 1020. The Kier molecular flexibility index (Phi) is 7.06. The highest BCUT2D eigenvalue weighted by atomic mass is 32.1. The van der Waals surface area contributed by atoms with E-state index in [1.54, 1.807) is 6.92 Å². The Morgan fingerprint density at radius 3 is 2.52 bits per heavy atom. The molecule has 0 aliphatic heterocycles. The number of aryl methyl sites for hydroxylation is 1. The summed E-state index contributed by atoms with van der Waals surface area (Å²) in [6.45, 7) is 0.535. The highest BCUT2D eigenvalue weighted by Crippen LogP contribution is 2.21. The molecule has 2 heterocycles. The molecular weight excluding hydrogens is 438 g/mol. The van der Waals surface area contributed by atoms with Crippen molar-refractivity contribution in [2.24, 2.45) is 0 Å². The zero-order chi connectivity index (χ0) is 22.4. The van der Waals surface area contributed by atoms with E-state index in [0.717, 1.165) is 0 Å². The standard InChI is InChI=1S/C20H17F4N3O3S/c1-12-18(31-17(27-12)10-29-15-5-3-14(21)4-6-15)19(28)26-9-13-2-7-16(25-8-13)30-11-20(22,23)24/h2-8H,9-11H2,1H3,(H,26,28). The van der Waals surface area contributed by atoms with Crippen molar-refractivity contribution in [2.45, 2.75) is 26.3 Å². The van der Waals surface area contributed by atoms with Crippen LogP contribution in [-0.2, 0) is 13.2 Å². The fourth-order valence-corrected chi connectivity index (χ4v) is 3.31. The summed E-state index contributed by atoms with van der Waals surface area (Å²) in [7, 11) is 0. The number of nitrogens with one attached hydrogen (secondary N) is 1. The van der Waals surface area contributed by atoms with Crippen molar-refractivity contribution in [1.29, 1.82) is 0 Å². The fraction of sp³-hybridized carbons (Fsp3) is 0.250. The first-order valence-electron chi connectivity index (χ1n) is 8.97. The van der Waals surface area contributed by atoms with E-state index in [1.165, 1.54) is 53.9 Å². The van der Waals surface area contributed by atoms with Gasteiger partial charge in [-0.25, -0.2) is 14.4 Å². The predicted molar refractivity (Wildman–Crippen MR) is 105 cm³/mol. The van der Waals surface area contributed by atoms with Crippen LogP contribution in [0.2, 0.25) is 0 Å². The number of carbonyl (C=O) groups is 1. The van der Waals surface area contributed by atoms with Crippen molar-refractivity contribution in [1.82, 2.24) is 15.3 Å². The minimum Gasteiger partial charge on any atom is -0.486 e. The Morgan fingerprint density at radius 2 is 1.87 bits per heavy atom. The molecule has 0 saturated carbocycles. The summed E-state index contributed by atoms with van der Waals surface area (Å²) in [5, 5.41) is 3.30. The molecule has 164 valence electrons. The summed E-state index contributed by atoms with van der Waals surface area (Å²) in [6.07, 6.45) is -3.11. The van der Waals surface area contributed by atoms with E-state index < -0.39 is 12.8 Å². The molecule has 0 aliphatic carbocycles. The van der Waals surface area contributed by atoms with E-state index in [0.29, 0.717) is 26.9 Å². The number of thiazole rings is 1. The zero-order valence-corrected chi connectivity index (χ0v) is 17.0. The Labute approximate surface area is 178 Å². The van der Waals surface area contributed by atoms with Gasteiger partial charge in [-0.2, -0.15) is 13.2 Å². The van der Waals surface area contributed by atoms with Crippen LogP contribution in [0.5, 0.6) is 11.6 Å². The van der Waals surface area contributed by atoms with Crippen LogP contribution in [0.1, 0.15) is 25.9 Å². The first-order valence-corrected chi connectivity index (χ1v) is 9.78. The Morgan fingerprint density at radius 1 is 1.13 bits per heavy atom. The maximum Gasteiger partial charge on any atom is 0.422 e. The molecule has 0 saturated heterocycles. The zero-order valence-electron chi connectivity index (χ0n) is 16.2. The average molecular weight is 455 g/mol. The second kappa shape index (κ2) is 9.73. The van der Waals surface area contributed by atoms with Gasteiger partial charge >= 0.3 is 6.18 Å². The number of halogens is 4. The smallest absolute Gasteiger partial charge is 0.422 e. The molecule has 0 radical (unpaired) electrons. The van der Waals surface area contributed by atoms with Gasteiger partial charge in [-0.15, -0.1) is 11.3 Å². The molecule has 0 spiro atoms. The quantitative estimate of drug-likeness (QED) is 0.509. The molecule has 0 atom stereocenters. The number of alkyl halides is 3. The molecular formula is C20H17F4N3O3S. The third-order valence-corrected chi connectivity index (χ3v) is 4.99. The summed E-state index contributed by atoms with van der Waals surface area (Å²) in [5.41, 5.74) is 1.13. The summed E-state index contributed by atoms with van der Waals surface area (Å²) in [5.74, 6) is -0.387. The van der Waals surface area contributed by atoms with Gasteiger partial charge in [0, 0.05) is 18.8 Å². The molecule has 2 aromatic heterocycles. The molecule has 3 aromatic rings. The molecule has 3 rings (SSSR count). The number of benzene rings is 1. The van der Waals surface area contributed by atoms with Gasteiger partial charge in [0.1, 0.15) is 28.1 Å². The number of amides is 1. The number of carbonyl (C=O) groups excluding carboxylic acids is 1. The lowest BCUT2D eigenvalue weighted by Crippen LogP contribution is -2.22. The van der Waals surface area contributed by atoms with Gasteiger partial charge < -0.3 is 14.8 Å². The maximum atomic E-state index is 12.9. The van der Waals surface area contributed by atoms with Crippen molar-refractivity contribution in [2.75, 3.05) is 6.61 Å². The molecule has 1 aromatic carbocycles. The number of nitrogens with zero attached hydrogens (tertiary/aromatic N) is 2. The van der Waals surface area contributed by atoms with Crippen molar-refractivity contribution in [3.63, 3.8) is 0 Å². The number of aromatic nitrogens is 2. The van der Waals surface area contributed by atoms with Gasteiger partial charge in [-0.1, -0.05) is 6.07 Å². The van der Waals surface area contributed by atoms with E-state index in [9.17, 15) is 22.4 Å². The number of hydrogen-bond acceptors (Lipinski definition) is 6. The minimum atomic E-state index is -4.44. The molecule has 0 bridgehead atoms. The number of rotatable bonds is 8. The SMILES string of the molecule is Cc1nc(COc2ccc(F)cc2)sc1C(=O)NCc1ccc(OCC(F)(F)F)nc1. The van der Waals surface area contributed by atoms with Crippen LogP contribution in [0.15, 0.2) is 42.6 Å². The Hall–Kier alpha value is -3.21. The first kappa shape index (κ1) is 22.5. The Balaban J connectivity index is 1.51. The summed E-state index contributed by atoms with van der Waals surface area (Å²) < 4.78 is 59.4. The largest absolute Gasteiger partial charge is 0.486 e. The molecule has 11 heteroatoms. The van der Waals surface area contributed by atoms with Gasteiger partial charge in [0.2, 0.25) is 5.88 Å². The monoisotopic (exact) mass is 455 g/mol. The minimum absolute atomic E-state index is 0.129. The fourth-order valence-electron chi connectivity index (χ4n) is 2.42. The summed E-state index contributed by atoms with van der Waals surface area (Å²) in [4.78, 5) is 21.0. The van der Waals surface area contributed by atoms with Crippen LogP contribution < -0.4 is 14.8 Å². The van der Waals surface area contributed by atoms with Gasteiger partial charge in [-0.05, 0) is 36.8 Å². The number of pyridine rings is 1. The maximum absolute atomic E-state index is 12.9. The van der Waals surface area contributed by atoms with Crippen LogP contribution in [0.4, 0.5) is 17.6 Å². The molecule has 0 unspecified atom stereocenters. The summed E-state index contributed by atoms with van der Waals surface area (Å²) in [6, 6.07) is 8.38. The predicted octanol–water partition coefficient (Wildman–Crippen LogP) is 4.44. The van der Waals surface area contributed by atoms with E-state index in [2.05, 4.69) is 20.0 Å². The van der Waals surface area contributed by atoms with Crippen LogP contribution >= 0.6 is 11.3 Å². The second-order valence-corrected chi connectivity index (χ2v) is 7.44. The van der Waals surface area contributed by atoms with Crippen molar-refractivity contribution < 1.29 is 31.8 Å². The van der Waals surface area contributed by atoms with Crippen LogP contribution in [0.25, 0.3) is 0 Å². The molecule has 1 amide bonds. The summed E-state index contributed by atoms with van der Waals surface area (Å²) >= 11 is 1.17. The lowest BCUT2D eigenvalue weighted by Gasteiger charge is -2.09. The van der Waals surface area contributed by atoms with Crippen LogP contribution in [0.3, 0.4) is 0 Å². The lowest BCUT2D eigenvalue weighted by atomic mass is 10.3.